The summed E-state index contributed by atoms with van der Waals surface area (Å²) in [6, 6.07) is 1.99. The van der Waals surface area contributed by atoms with Gasteiger partial charge < -0.3 is 4.98 Å². The minimum atomic E-state index is 0.835. The normalized spacial score (nSPS) is 18.0. The van der Waals surface area contributed by atoms with Crippen LogP contribution in [0.15, 0.2) is 18.5 Å². The van der Waals surface area contributed by atoms with Crippen LogP contribution in [0.2, 0.25) is 0 Å². The Morgan fingerprint density at radius 2 is 2.12 bits per heavy atom. The van der Waals surface area contributed by atoms with Crippen molar-refractivity contribution < 1.29 is 0 Å². The van der Waals surface area contributed by atoms with E-state index in [2.05, 4.69) is 15.0 Å². The van der Waals surface area contributed by atoms with Crippen molar-refractivity contribution in [2.75, 3.05) is 0 Å². The molecule has 1 fully saturated rings. The summed E-state index contributed by atoms with van der Waals surface area (Å²) < 4.78 is 0. The first-order valence-corrected chi connectivity index (χ1v) is 6.20. The number of aromatic amines is 1. The van der Waals surface area contributed by atoms with Gasteiger partial charge in [0.1, 0.15) is 11.3 Å². The highest BCUT2D eigenvalue weighted by atomic mass is 14.9. The maximum absolute atomic E-state index is 4.59. The summed E-state index contributed by atoms with van der Waals surface area (Å²) in [7, 11) is 0. The van der Waals surface area contributed by atoms with Gasteiger partial charge in [0, 0.05) is 12.6 Å². The standard InChI is InChI=1S/C13H17N3/c1-2-4-10(5-3-1)8-13-15-11-6-7-14-9-12(11)16-13/h6-7,9-10H,1-5,8H2,(H,15,16). The van der Waals surface area contributed by atoms with Gasteiger partial charge in [-0.2, -0.15) is 0 Å². The molecule has 0 aromatic carbocycles. The zero-order valence-electron chi connectivity index (χ0n) is 9.45. The third-order valence-corrected chi connectivity index (χ3v) is 3.54. The molecule has 1 aliphatic rings. The molecule has 16 heavy (non-hydrogen) atoms. The number of fused-ring (bicyclic) bond motifs is 1. The smallest absolute Gasteiger partial charge is 0.107 e. The van der Waals surface area contributed by atoms with Gasteiger partial charge in [-0.25, -0.2) is 4.98 Å². The van der Waals surface area contributed by atoms with Crippen molar-refractivity contribution in [3.05, 3.63) is 24.3 Å². The molecule has 0 amide bonds. The van der Waals surface area contributed by atoms with Crippen LogP contribution in [-0.2, 0) is 6.42 Å². The lowest BCUT2D eigenvalue weighted by atomic mass is 9.87. The van der Waals surface area contributed by atoms with Crippen LogP contribution in [-0.4, -0.2) is 15.0 Å². The van der Waals surface area contributed by atoms with Crippen molar-refractivity contribution in [3.8, 4) is 0 Å². The minimum Gasteiger partial charge on any atom is -0.342 e. The van der Waals surface area contributed by atoms with Gasteiger partial charge in [-0.05, 0) is 12.0 Å². The highest BCUT2D eigenvalue weighted by molar-refractivity contribution is 5.73. The van der Waals surface area contributed by atoms with Crippen LogP contribution in [0.5, 0.6) is 0 Å². The van der Waals surface area contributed by atoms with Crippen molar-refractivity contribution in [1.29, 1.82) is 0 Å². The van der Waals surface area contributed by atoms with Gasteiger partial charge in [0.15, 0.2) is 0 Å². The van der Waals surface area contributed by atoms with Gasteiger partial charge in [0.2, 0.25) is 0 Å². The molecule has 0 unspecified atom stereocenters. The highest BCUT2D eigenvalue weighted by Crippen LogP contribution is 2.26. The monoisotopic (exact) mass is 215 g/mol. The Hall–Kier alpha value is -1.38. The lowest BCUT2D eigenvalue weighted by Gasteiger charge is -2.20. The van der Waals surface area contributed by atoms with Crippen LogP contribution < -0.4 is 0 Å². The summed E-state index contributed by atoms with van der Waals surface area (Å²) >= 11 is 0. The van der Waals surface area contributed by atoms with Gasteiger partial charge >= 0.3 is 0 Å². The summed E-state index contributed by atoms with van der Waals surface area (Å²) in [6.07, 6.45) is 11.7. The van der Waals surface area contributed by atoms with Crippen molar-refractivity contribution in [1.82, 2.24) is 15.0 Å². The molecule has 2 heterocycles. The van der Waals surface area contributed by atoms with E-state index in [0.717, 1.165) is 29.2 Å². The van der Waals surface area contributed by atoms with Crippen LogP contribution in [0.25, 0.3) is 11.0 Å². The Labute approximate surface area is 95.3 Å². The molecule has 3 rings (SSSR count). The average molecular weight is 215 g/mol. The molecule has 0 spiro atoms. The molecule has 3 nitrogen and oxygen atoms in total. The van der Waals surface area contributed by atoms with Crippen molar-refractivity contribution in [2.24, 2.45) is 5.92 Å². The number of nitrogens with one attached hydrogen (secondary N) is 1. The molecule has 3 heteroatoms. The van der Waals surface area contributed by atoms with E-state index in [1.165, 1.54) is 32.1 Å². The number of hydrogen-bond acceptors (Lipinski definition) is 2. The molecule has 0 atom stereocenters. The quantitative estimate of drug-likeness (QED) is 0.836. The number of rotatable bonds is 2. The SMILES string of the molecule is c1cc2[nH]c(CC3CCCCC3)nc2cn1. The summed E-state index contributed by atoms with van der Waals surface area (Å²) in [5, 5.41) is 0. The van der Waals surface area contributed by atoms with Crippen LogP contribution in [0.1, 0.15) is 37.9 Å². The fraction of sp³-hybridized carbons (Fsp3) is 0.538. The van der Waals surface area contributed by atoms with Gasteiger partial charge in [-0.3, -0.25) is 4.98 Å². The number of pyridine rings is 1. The fourth-order valence-electron chi connectivity index (χ4n) is 2.67. The first-order chi connectivity index (χ1) is 7.92. The van der Waals surface area contributed by atoms with Crippen molar-refractivity contribution in [2.45, 2.75) is 38.5 Å². The molecule has 0 saturated heterocycles. The second-order valence-electron chi connectivity index (χ2n) is 4.78. The molecule has 2 aromatic rings. The number of hydrogen-bond donors (Lipinski definition) is 1. The summed E-state index contributed by atoms with van der Waals surface area (Å²) in [5.74, 6) is 1.97. The topological polar surface area (TPSA) is 41.6 Å². The van der Waals surface area contributed by atoms with Crippen molar-refractivity contribution >= 4 is 11.0 Å². The first kappa shape index (κ1) is 9.82. The number of aromatic nitrogens is 3. The third kappa shape index (κ3) is 1.94. The van der Waals surface area contributed by atoms with E-state index in [-0.39, 0.29) is 0 Å². The molecule has 84 valence electrons. The zero-order valence-corrected chi connectivity index (χ0v) is 9.45. The summed E-state index contributed by atoms with van der Waals surface area (Å²) in [6.45, 7) is 0. The molecule has 1 N–H and O–H groups in total. The largest absolute Gasteiger partial charge is 0.342 e. The minimum absolute atomic E-state index is 0.835. The third-order valence-electron chi connectivity index (χ3n) is 3.54. The molecule has 1 saturated carbocycles. The summed E-state index contributed by atoms with van der Waals surface area (Å²) in [5.41, 5.74) is 2.11. The van der Waals surface area contributed by atoms with Crippen LogP contribution in [0, 0.1) is 5.92 Å². The van der Waals surface area contributed by atoms with Gasteiger partial charge in [-0.1, -0.05) is 32.1 Å². The molecular weight excluding hydrogens is 198 g/mol. The number of nitrogens with zero attached hydrogens (tertiary/aromatic N) is 2. The van der Waals surface area contributed by atoms with Crippen LogP contribution >= 0.6 is 0 Å². The van der Waals surface area contributed by atoms with Crippen molar-refractivity contribution in [3.63, 3.8) is 0 Å². The number of H-pyrrole nitrogens is 1. The second-order valence-corrected chi connectivity index (χ2v) is 4.78. The van der Waals surface area contributed by atoms with E-state index < -0.39 is 0 Å². The van der Waals surface area contributed by atoms with Crippen LogP contribution in [0.3, 0.4) is 0 Å². The van der Waals surface area contributed by atoms with E-state index in [4.69, 9.17) is 0 Å². The Bertz CT molecular complexity index is 436. The molecule has 2 aromatic heterocycles. The predicted molar refractivity (Wildman–Crippen MR) is 64.2 cm³/mol. The van der Waals surface area contributed by atoms with Gasteiger partial charge in [0.25, 0.3) is 0 Å². The van der Waals surface area contributed by atoms with Crippen LogP contribution in [0.4, 0.5) is 0 Å². The lowest BCUT2D eigenvalue weighted by molar-refractivity contribution is 0.352. The molecule has 0 radical (unpaired) electrons. The van der Waals surface area contributed by atoms with E-state index in [0.29, 0.717) is 0 Å². The average Bonchev–Trinajstić information content (AvgIpc) is 2.72. The van der Waals surface area contributed by atoms with E-state index in [9.17, 15) is 0 Å². The Kier molecular flexibility index (Phi) is 2.60. The predicted octanol–water partition coefficient (Wildman–Crippen LogP) is 3.08. The molecular formula is C13H17N3. The Morgan fingerprint density at radius 3 is 2.94 bits per heavy atom. The zero-order chi connectivity index (χ0) is 10.8. The maximum atomic E-state index is 4.59. The molecule has 1 aliphatic carbocycles. The first-order valence-electron chi connectivity index (χ1n) is 6.20. The Morgan fingerprint density at radius 1 is 1.25 bits per heavy atom. The highest BCUT2D eigenvalue weighted by Gasteiger charge is 2.15. The lowest BCUT2D eigenvalue weighted by Crippen LogP contribution is -2.10. The van der Waals surface area contributed by atoms with Gasteiger partial charge in [-0.15, -0.1) is 0 Å². The summed E-state index contributed by atoms with van der Waals surface area (Å²) in [4.78, 5) is 12.1. The molecule has 0 bridgehead atoms. The second kappa shape index (κ2) is 4.24. The maximum Gasteiger partial charge on any atom is 0.107 e. The number of imidazole rings is 1. The Balaban J connectivity index is 1.78. The fourth-order valence-corrected chi connectivity index (χ4v) is 2.67. The van der Waals surface area contributed by atoms with E-state index in [1.807, 2.05) is 18.5 Å². The van der Waals surface area contributed by atoms with E-state index in [1.54, 1.807) is 0 Å². The van der Waals surface area contributed by atoms with E-state index >= 15 is 0 Å². The van der Waals surface area contributed by atoms with Gasteiger partial charge in [0.05, 0.1) is 11.7 Å². The molecule has 0 aliphatic heterocycles.